The predicted molar refractivity (Wildman–Crippen MR) is 74.4 cm³/mol. The van der Waals surface area contributed by atoms with Crippen molar-refractivity contribution in [2.24, 2.45) is 11.3 Å². The van der Waals surface area contributed by atoms with Crippen molar-refractivity contribution in [2.45, 2.75) is 46.0 Å². The van der Waals surface area contributed by atoms with E-state index >= 15 is 0 Å². The van der Waals surface area contributed by atoms with Gasteiger partial charge in [-0.05, 0) is 18.3 Å². The van der Waals surface area contributed by atoms with Crippen LogP contribution in [0.15, 0.2) is 0 Å². The lowest BCUT2D eigenvalue weighted by atomic mass is 9.68. The first-order chi connectivity index (χ1) is 9.03. The third-order valence-corrected chi connectivity index (χ3v) is 4.18. The molecule has 4 heteroatoms. The number of carbonyl (C=O) groups is 1. The van der Waals surface area contributed by atoms with E-state index in [2.05, 4.69) is 19.9 Å². The van der Waals surface area contributed by atoms with Crippen LogP contribution in [0.1, 0.15) is 46.0 Å². The standard InChI is InChI=1S/C15H26N2O2/c1-15(2)8-5-4-7-13(15)14(18)17(10-6-9-16)11-12-19-3/h13H,4-8,10-12H2,1-3H3. The molecule has 0 N–H and O–H groups in total. The Morgan fingerprint density at radius 3 is 2.74 bits per heavy atom. The molecule has 1 aliphatic rings. The molecule has 1 rings (SSSR count). The van der Waals surface area contributed by atoms with Crippen LogP contribution in [0.3, 0.4) is 0 Å². The molecular formula is C15H26N2O2. The van der Waals surface area contributed by atoms with Crippen LogP contribution in [-0.2, 0) is 9.53 Å². The summed E-state index contributed by atoms with van der Waals surface area (Å²) >= 11 is 0. The fourth-order valence-corrected chi connectivity index (χ4v) is 2.89. The lowest BCUT2D eigenvalue weighted by molar-refractivity contribution is -0.141. The van der Waals surface area contributed by atoms with E-state index in [9.17, 15) is 4.79 Å². The quantitative estimate of drug-likeness (QED) is 0.742. The molecule has 0 bridgehead atoms. The Morgan fingerprint density at radius 2 is 2.16 bits per heavy atom. The minimum atomic E-state index is 0.0767. The third kappa shape index (κ3) is 4.50. The molecule has 0 aromatic rings. The molecule has 4 nitrogen and oxygen atoms in total. The van der Waals surface area contributed by atoms with Crippen LogP contribution < -0.4 is 0 Å². The molecule has 19 heavy (non-hydrogen) atoms. The average molecular weight is 266 g/mol. The monoisotopic (exact) mass is 266 g/mol. The van der Waals surface area contributed by atoms with E-state index in [1.165, 1.54) is 6.42 Å². The second kappa shape index (κ2) is 7.49. The summed E-state index contributed by atoms with van der Waals surface area (Å²) in [6, 6.07) is 2.12. The largest absolute Gasteiger partial charge is 0.383 e. The zero-order valence-corrected chi connectivity index (χ0v) is 12.4. The predicted octanol–water partition coefficient (Wildman–Crippen LogP) is 2.59. The maximum Gasteiger partial charge on any atom is 0.226 e. The molecule has 0 heterocycles. The second-order valence-electron chi connectivity index (χ2n) is 6.01. The van der Waals surface area contributed by atoms with E-state index in [-0.39, 0.29) is 17.2 Å². The molecule has 0 radical (unpaired) electrons. The van der Waals surface area contributed by atoms with Gasteiger partial charge in [0.15, 0.2) is 0 Å². The average Bonchev–Trinajstić information content (AvgIpc) is 2.38. The molecule has 0 spiro atoms. The molecule has 0 saturated heterocycles. The summed E-state index contributed by atoms with van der Waals surface area (Å²) in [4.78, 5) is 14.5. The number of nitriles is 1. The van der Waals surface area contributed by atoms with Gasteiger partial charge in [0.05, 0.1) is 19.1 Å². The maximum atomic E-state index is 12.7. The summed E-state index contributed by atoms with van der Waals surface area (Å²) in [6.45, 7) is 6.01. The van der Waals surface area contributed by atoms with Crippen molar-refractivity contribution in [2.75, 3.05) is 26.8 Å². The summed E-state index contributed by atoms with van der Waals surface area (Å²) in [6.07, 6.45) is 4.83. The maximum absolute atomic E-state index is 12.7. The van der Waals surface area contributed by atoms with Crippen molar-refractivity contribution in [1.82, 2.24) is 4.90 Å². The highest BCUT2D eigenvalue weighted by Gasteiger charge is 2.38. The highest BCUT2D eigenvalue weighted by molar-refractivity contribution is 5.79. The SMILES string of the molecule is COCCN(CCC#N)C(=O)C1CCCCC1(C)C. The Hall–Kier alpha value is -1.08. The molecule has 0 aromatic carbocycles. The first kappa shape index (κ1) is 16.0. The molecule has 1 aliphatic carbocycles. The topological polar surface area (TPSA) is 53.3 Å². The van der Waals surface area contributed by atoms with Crippen molar-refractivity contribution < 1.29 is 9.53 Å². The van der Waals surface area contributed by atoms with Gasteiger partial charge in [-0.3, -0.25) is 4.79 Å². The van der Waals surface area contributed by atoms with Crippen molar-refractivity contribution in [3.05, 3.63) is 0 Å². The van der Waals surface area contributed by atoms with E-state index in [4.69, 9.17) is 10.00 Å². The first-order valence-corrected chi connectivity index (χ1v) is 7.17. The van der Waals surface area contributed by atoms with Gasteiger partial charge in [0.25, 0.3) is 0 Å². The Labute approximate surface area is 116 Å². The number of hydrogen-bond donors (Lipinski definition) is 0. The van der Waals surface area contributed by atoms with Gasteiger partial charge >= 0.3 is 0 Å². The number of nitrogens with zero attached hydrogens (tertiary/aromatic N) is 2. The van der Waals surface area contributed by atoms with Crippen LogP contribution in [-0.4, -0.2) is 37.6 Å². The lowest BCUT2D eigenvalue weighted by Gasteiger charge is -2.40. The summed E-state index contributed by atoms with van der Waals surface area (Å²) < 4.78 is 5.06. The van der Waals surface area contributed by atoms with Gasteiger partial charge in [-0.15, -0.1) is 0 Å². The number of amides is 1. The molecule has 108 valence electrons. The van der Waals surface area contributed by atoms with Crippen LogP contribution in [0, 0.1) is 22.7 Å². The van der Waals surface area contributed by atoms with Gasteiger partial charge in [-0.2, -0.15) is 5.26 Å². The summed E-state index contributed by atoms with van der Waals surface area (Å²) in [5, 5.41) is 8.72. The molecule has 1 atom stereocenters. The second-order valence-corrected chi connectivity index (χ2v) is 6.01. The van der Waals surface area contributed by atoms with E-state index in [0.717, 1.165) is 19.3 Å². The lowest BCUT2D eigenvalue weighted by Crippen LogP contribution is -2.45. The Morgan fingerprint density at radius 1 is 1.42 bits per heavy atom. The van der Waals surface area contributed by atoms with E-state index in [1.54, 1.807) is 7.11 Å². The van der Waals surface area contributed by atoms with E-state index in [0.29, 0.717) is 26.1 Å². The fourth-order valence-electron chi connectivity index (χ4n) is 2.89. The molecule has 1 amide bonds. The number of rotatable bonds is 6. The van der Waals surface area contributed by atoms with Gasteiger partial charge in [-0.1, -0.05) is 26.7 Å². The van der Waals surface area contributed by atoms with Crippen LogP contribution in [0.5, 0.6) is 0 Å². The van der Waals surface area contributed by atoms with Crippen molar-refractivity contribution in [3.8, 4) is 6.07 Å². The van der Waals surface area contributed by atoms with Crippen LogP contribution in [0.4, 0.5) is 0 Å². The molecule has 0 aromatic heterocycles. The number of methoxy groups -OCH3 is 1. The Balaban J connectivity index is 2.70. The van der Waals surface area contributed by atoms with Gasteiger partial charge in [-0.25, -0.2) is 0 Å². The minimum absolute atomic E-state index is 0.0767. The van der Waals surface area contributed by atoms with E-state index < -0.39 is 0 Å². The molecule has 1 saturated carbocycles. The number of carbonyl (C=O) groups excluding carboxylic acids is 1. The first-order valence-electron chi connectivity index (χ1n) is 7.17. The van der Waals surface area contributed by atoms with Gasteiger partial charge < -0.3 is 9.64 Å². The normalized spacial score (nSPS) is 21.7. The Kier molecular flexibility index (Phi) is 6.30. The zero-order chi connectivity index (χ0) is 14.3. The summed E-state index contributed by atoms with van der Waals surface area (Å²) in [7, 11) is 1.64. The van der Waals surface area contributed by atoms with Crippen LogP contribution in [0.2, 0.25) is 0 Å². The number of hydrogen-bond acceptors (Lipinski definition) is 3. The van der Waals surface area contributed by atoms with Crippen molar-refractivity contribution in [3.63, 3.8) is 0 Å². The van der Waals surface area contributed by atoms with Gasteiger partial charge in [0.2, 0.25) is 5.91 Å². The molecular weight excluding hydrogens is 240 g/mol. The minimum Gasteiger partial charge on any atom is -0.383 e. The third-order valence-electron chi connectivity index (χ3n) is 4.18. The molecule has 0 aliphatic heterocycles. The van der Waals surface area contributed by atoms with Crippen molar-refractivity contribution in [1.29, 1.82) is 5.26 Å². The molecule has 1 unspecified atom stereocenters. The van der Waals surface area contributed by atoms with Gasteiger partial charge in [0.1, 0.15) is 0 Å². The Bertz CT molecular complexity index is 334. The van der Waals surface area contributed by atoms with Crippen LogP contribution in [0.25, 0.3) is 0 Å². The smallest absolute Gasteiger partial charge is 0.226 e. The highest BCUT2D eigenvalue weighted by atomic mass is 16.5. The van der Waals surface area contributed by atoms with E-state index in [1.807, 2.05) is 4.90 Å². The summed E-state index contributed by atoms with van der Waals surface area (Å²) in [5.41, 5.74) is 0.0767. The fraction of sp³-hybridized carbons (Fsp3) is 0.867. The number of ether oxygens (including phenoxy) is 1. The molecule has 1 fully saturated rings. The summed E-state index contributed by atoms with van der Waals surface area (Å²) in [5.74, 6) is 0.300. The van der Waals surface area contributed by atoms with Crippen LogP contribution >= 0.6 is 0 Å². The zero-order valence-electron chi connectivity index (χ0n) is 12.4. The highest BCUT2D eigenvalue weighted by Crippen LogP contribution is 2.41. The van der Waals surface area contributed by atoms with Crippen molar-refractivity contribution >= 4 is 5.91 Å². The van der Waals surface area contributed by atoms with Gasteiger partial charge in [0, 0.05) is 26.1 Å².